The summed E-state index contributed by atoms with van der Waals surface area (Å²) < 4.78 is 7.54. The van der Waals surface area contributed by atoms with Gasteiger partial charge in [-0.3, -0.25) is 13.9 Å². The second kappa shape index (κ2) is 6.38. The lowest BCUT2D eigenvalue weighted by atomic mass is 10.1. The molecule has 0 unspecified atom stereocenters. The van der Waals surface area contributed by atoms with Gasteiger partial charge in [0.1, 0.15) is 17.3 Å². The number of hydrogen-bond acceptors (Lipinski definition) is 5. The third kappa shape index (κ3) is 2.77. The largest absolute Gasteiger partial charge is 0.359 e. The average molecular weight is 322 g/mol. The number of aryl methyl sites for hydroxylation is 1. The average Bonchev–Trinajstić information content (AvgIpc) is 3.08. The lowest BCUT2D eigenvalue weighted by molar-refractivity contribution is 0.372. The van der Waals surface area contributed by atoms with Crippen molar-refractivity contribution in [3.05, 3.63) is 74.8 Å². The molecule has 0 aliphatic rings. The number of nitriles is 1. The van der Waals surface area contributed by atoms with Crippen molar-refractivity contribution in [1.82, 2.24) is 14.3 Å². The first-order valence-electron chi connectivity index (χ1n) is 7.39. The van der Waals surface area contributed by atoms with Gasteiger partial charge < -0.3 is 4.52 Å². The Morgan fingerprint density at radius 3 is 2.67 bits per heavy atom. The monoisotopic (exact) mass is 322 g/mol. The van der Waals surface area contributed by atoms with Crippen LogP contribution in [0.5, 0.6) is 0 Å². The van der Waals surface area contributed by atoms with Gasteiger partial charge in [0.15, 0.2) is 5.76 Å². The first-order chi connectivity index (χ1) is 11.6. The molecular formula is C17H14N4O3. The molecule has 0 radical (unpaired) electrons. The van der Waals surface area contributed by atoms with E-state index in [1.54, 1.807) is 13.0 Å². The van der Waals surface area contributed by atoms with Gasteiger partial charge in [-0.2, -0.15) is 5.26 Å². The zero-order chi connectivity index (χ0) is 17.1. The molecule has 0 spiro atoms. The standard InChI is InChI=1S/C17H14N4O3/c1-2-20-10-13(9-18)16(22)21(17(20)23)11-14-8-15(19-24-14)12-6-4-3-5-7-12/h3-8,10H,2,11H2,1H3. The summed E-state index contributed by atoms with van der Waals surface area (Å²) in [6.45, 7) is 2.05. The lowest BCUT2D eigenvalue weighted by Gasteiger charge is -2.07. The second-order valence-corrected chi connectivity index (χ2v) is 5.16. The molecule has 3 rings (SSSR count). The lowest BCUT2D eigenvalue weighted by Crippen LogP contribution is -2.40. The van der Waals surface area contributed by atoms with E-state index < -0.39 is 11.2 Å². The van der Waals surface area contributed by atoms with E-state index in [4.69, 9.17) is 9.78 Å². The third-order valence-electron chi connectivity index (χ3n) is 3.64. The first-order valence-corrected chi connectivity index (χ1v) is 7.39. The summed E-state index contributed by atoms with van der Waals surface area (Å²) in [5.41, 5.74) is 0.283. The topological polar surface area (TPSA) is 93.8 Å². The molecule has 3 aromatic rings. The molecule has 0 fully saturated rings. The third-order valence-corrected chi connectivity index (χ3v) is 3.64. The van der Waals surface area contributed by atoms with E-state index in [9.17, 15) is 9.59 Å². The van der Waals surface area contributed by atoms with Crippen LogP contribution in [0, 0.1) is 11.3 Å². The first kappa shape index (κ1) is 15.5. The van der Waals surface area contributed by atoms with Crippen LogP contribution in [0.4, 0.5) is 0 Å². The maximum Gasteiger partial charge on any atom is 0.331 e. The van der Waals surface area contributed by atoms with Crippen molar-refractivity contribution in [1.29, 1.82) is 5.26 Å². The van der Waals surface area contributed by atoms with Gasteiger partial charge in [-0.15, -0.1) is 0 Å². The molecule has 0 N–H and O–H groups in total. The Morgan fingerprint density at radius 1 is 1.25 bits per heavy atom. The predicted molar refractivity (Wildman–Crippen MR) is 86.4 cm³/mol. The summed E-state index contributed by atoms with van der Waals surface area (Å²) in [6, 6.07) is 12.9. The Morgan fingerprint density at radius 2 is 2.00 bits per heavy atom. The van der Waals surface area contributed by atoms with Crippen LogP contribution in [0.3, 0.4) is 0 Å². The normalized spacial score (nSPS) is 10.5. The molecule has 0 aliphatic heterocycles. The smallest absolute Gasteiger partial charge is 0.331 e. The van der Waals surface area contributed by atoms with E-state index in [1.165, 1.54) is 10.8 Å². The van der Waals surface area contributed by atoms with Gasteiger partial charge in [0.25, 0.3) is 5.56 Å². The molecule has 0 saturated heterocycles. The highest BCUT2D eigenvalue weighted by atomic mass is 16.5. The van der Waals surface area contributed by atoms with E-state index in [2.05, 4.69) is 5.16 Å². The Labute approximate surface area is 137 Å². The van der Waals surface area contributed by atoms with Crippen molar-refractivity contribution < 1.29 is 4.52 Å². The SMILES string of the molecule is CCn1cc(C#N)c(=O)n(Cc2cc(-c3ccccc3)no2)c1=O. The molecule has 0 amide bonds. The molecular weight excluding hydrogens is 308 g/mol. The number of nitrogens with zero attached hydrogens (tertiary/aromatic N) is 4. The summed E-state index contributed by atoms with van der Waals surface area (Å²) >= 11 is 0. The minimum absolute atomic E-state index is 0.0764. The molecule has 0 saturated carbocycles. The van der Waals surface area contributed by atoms with Gasteiger partial charge in [-0.1, -0.05) is 35.5 Å². The van der Waals surface area contributed by atoms with Gasteiger partial charge >= 0.3 is 5.69 Å². The van der Waals surface area contributed by atoms with Gasteiger partial charge in [0.2, 0.25) is 0 Å². The fraction of sp³-hybridized carbons (Fsp3) is 0.176. The van der Waals surface area contributed by atoms with Crippen molar-refractivity contribution in [3.63, 3.8) is 0 Å². The van der Waals surface area contributed by atoms with Crippen molar-refractivity contribution in [3.8, 4) is 17.3 Å². The zero-order valence-electron chi connectivity index (χ0n) is 13.0. The highest BCUT2D eigenvalue weighted by Gasteiger charge is 2.14. The second-order valence-electron chi connectivity index (χ2n) is 5.16. The molecule has 2 aromatic heterocycles. The molecule has 120 valence electrons. The van der Waals surface area contributed by atoms with E-state index in [1.807, 2.05) is 36.4 Å². The van der Waals surface area contributed by atoms with Gasteiger partial charge in [-0.25, -0.2) is 4.79 Å². The van der Waals surface area contributed by atoms with Crippen LogP contribution >= 0.6 is 0 Å². The maximum atomic E-state index is 12.3. The number of aromatic nitrogens is 3. The fourth-order valence-electron chi connectivity index (χ4n) is 2.38. The van der Waals surface area contributed by atoms with Crippen LogP contribution in [0.1, 0.15) is 18.2 Å². The van der Waals surface area contributed by atoms with Gasteiger partial charge in [-0.05, 0) is 6.92 Å². The van der Waals surface area contributed by atoms with Gasteiger partial charge in [0.05, 0.1) is 6.54 Å². The molecule has 24 heavy (non-hydrogen) atoms. The molecule has 7 nitrogen and oxygen atoms in total. The van der Waals surface area contributed by atoms with Crippen LogP contribution in [-0.4, -0.2) is 14.3 Å². The molecule has 0 atom stereocenters. The van der Waals surface area contributed by atoms with E-state index in [0.717, 1.165) is 10.1 Å². The molecule has 0 bridgehead atoms. The van der Waals surface area contributed by atoms with Crippen molar-refractivity contribution in [2.75, 3.05) is 0 Å². The highest BCUT2D eigenvalue weighted by Crippen LogP contribution is 2.18. The summed E-state index contributed by atoms with van der Waals surface area (Å²) in [5.74, 6) is 0.366. The van der Waals surface area contributed by atoms with Crippen LogP contribution in [0.2, 0.25) is 0 Å². The fourth-order valence-corrected chi connectivity index (χ4v) is 2.38. The quantitative estimate of drug-likeness (QED) is 0.727. The minimum Gasteiger partial charge on any atom is -0.359 e. The predicted octanol–water partition coefficient (Wildman–Crippen LogP) is 1.60. The Hall–Kier alpha value is -3.40. The molecule has 7 heteroatoms. The zero-order valence-corrected chi connectivity index (χ0v) is 13.0. The van der Waals surface area contributed by atoms with E-state index in [-0.39, 0.29) is 12.1 Å². The Balaban J connectivity index is 2.01. The van der Waals surface area contributed by atoms with Crippen LogP contribution in [-0.2, 0) is 13.1 Å². The molecule has 1 aromatic carbocycles. The Bertz CT molecular complexity index is 1020. The van der Waals surface area contributed by atoms with Crippen molar-refractivity contribution in [2.45, 2.75) is 20.0 Å². The molecule has 0 aliphatic carbocycles. The van der Waals surface area contributed by atoms with Crippen molar-refractivity contribution in [2.24, 2.45) is 0 Å². The van der Waals surface area contributed by atoms with Crippen LogP contribution in [0.25, 0.3) is 11.3 Å². The van der Waals surface area contributed by atoms with E-state index in [0.29, 0.717) is 18.0 Å². The Kier molecular flexibility index (Phi) is 4.12. The van der Waals surface area contributed by atoms with E-state index >= 15 is 0 Å². The van der Waals surface area contributed by atoms with Crippen LogP contribution < -0.4 is 11.2 Å². The summed E-state index contributed by atoms with van der Waals surface area (Å²) in [6.07, 6.45) is 1.27. The molecule has 2 heterocycles. The summed E-state index contributed by atoms with van der Waals surface area (Å²) in [7, 11) is 0. The number of benzene rings is 1. The summed E-state index contributed by atoms with van der Waals surface area (Å²) in [4.78, 5) is 24.6. The number of rotatable bonds is 4. The maximum absolute atomic E-state index is 12.3. The number of hydrogen-bond donors (Lipinski definition) is 0. The highest BCUT2D eigenvalue weighted by molar-refractivity contribution is 5.58. The summed E-state index contributed by atoms with van der Waals surface area (Å²) in [5, 5.41) is 13.0. The van der Waals surface area contributed by atoms with Crippen LogP contribution in [0.15, 0.2) is 56.7 Å². The minimum atomic E-state index is -0.634. The van der Waals surface area contributed by atoms with Gasteiger partial charge in [0, 0.05) is 24.4 Å². The van der Waals surface area contributed by atoms with Crippen molar-refractivity contribution >= 4 is 0 Å².